The molecule has 5 heteroatoms. The summed E-state index contributed by atoms with van der Waals surface area (Å²) in [5.74, 6) is 0.713. The third-order valence-corrected chi connectivity index (χ3v) is 4.73. The van der Waals surface area contributed by atoms with Crippen molar-refractivity contribution >= 4 is 17.0 Å². The first-order valence-corrected chi connectivity index (χ1v) is 8.43. The summed E-state index contributed by atoms with van der Waals surface area (Å²) in [6.45, 7) is 1.58. The summed E-state index contributed by atoms with van der Waals surface area (Å²) >= 11 is 0. The highest BCUT2D eigenvalue weighted by atomic mass is 16.5. The van der Waals surface area contributed by atoms with E-state index >= 15 is 0 Å². The van der Waals surface area contributed by atoms with E-state index in [1.54, 1.807) is 19.2 Å². The van der Waals surface area contributed by atoms with Crippen molar-refractivity contribution in [1.29, 1.82) is 0 Å². The number of ether oxygens (including phenoxy) is 1. The van der Waals surface area contributed by atoms with Crippen molar-refractivity contribution in [2.24, 2.45) is 0 Å². The Bertz CT molecular complexity index is 687. The number of fused-ring (bicyclic) bond motifs is 1. The van der Waals surface area contributed by atoms with Gasteiger partial charge in [-0.05, 0) is 37.5 Å². The third-order valence-electron chi connectivity index (χ3n) is 4.73. The molecule has 0 radical (unpaired) electrons. The molecule has 5 nitrogen and oxygen atoms in total. The molecule has 0 spiro atoms. The van der Waals surface area contributed by atoms with Crippen molar-refractivity contribution < 1.29 is 14.6 Å². The number of carbonyl (C=O) groups is 1. The van der Waals surface area contributed by atoms with Crippen molar-refractivity contribution in [3.63, 3.8) is 0 Å². The SMILES string of the molecule is COCCCn1c(C2CCCCC2)nc2cc(C(=O)O)ccc21. The van der Waals surface area contributed by atoms with Crippen LogP contribution in [0, 0.1) is 0 Å². The predicted molar refractivity (Wildman–Crippen MR) is 89.0 cm³/mol. The molecule has 1 aliphatic rings. The number of aryl methyl sites for hydroxylation is 1. The lowest BCUT2D eigenvalue weighted by Gasteiger charge is -2.22. The lowest BCUT2D eigenvalue weighted by molar-refractivity contribution is 0.0697. The van der Waals surface area contributed by atoms with Crippen LogP contribution in [0.15, 0.2) is 18.2 Å². The summed E-state index contributed by atoms with van der Waals surface area (Å²) in [5.41, 5.74) is 2.13. The van der Waals surface area contributed by atoms with E-state index < -0.39 is 5.97 Å². The van der Waals surface area contributed by atoms with Gasteiger partial charge in [0.05, 0.1) is 16.6 Å². The number of imidazole rings is 1. The van der Waals surface area contributed by atoms with Gasteiger partial charge in [-0.25, -0.2) is 9.78 Å². The van der Waals surface area contributed by atoms with Crippen molar-refractivity contribution in [2.75, 3.05) is 13.7 Å². The average Bonchev–Trinajstić information content (AvgIpc) is 2.94. The van der Waals surface area contributed by atoms with Crippen LogP contribution in [0.3, 0.4) is 0 Å². The van der Waals surface area contributed by atoms with E-state index in [0.29, 0.717) is 11.5 Å². The van der Waals surface area contributed by atoms with Crippen LogP contribution in [0.4, 0.5) is 0 Å². The predicted octanol–water partition coefficient (Wildman–Crippen LogP) is 3.82. The highest BCUT2D eigenvalue weighted by Gasteiger charge is 2.22. The molecule has 2 aromatic rings. The molecule has 1 heterocycles. The number of nitrogens with zero attached hydrogens (tertiary/aromatic N) is 2. The van der Waals surface area contributed by atoms with Gasteiger partial charge in [-0.15, -0.1) is 0 Å². The number of hydrogen-bond donors (Lipinski definition) is 1. The van der Waals surface area contributed by atoms with Gasteiger partial charge in [-0.3, -0.25) is 0 Å². The lowest BCUT2D eigenvalue weighted by Crippen LogP contribution is -2.13. The van der Waals surface area contributed by atoms with Crippen molar-refractivity contribution in [1.82, 2.24) is 9.55 Å². The number of carboxylic acids is 1. The summed E-state index contributed by atoms with van der Waals surface area (Å²) in [6.07, 6.45) is 7.11. The summed E-state index contributed by atoms with van der Waals surface area (Å²) in [4.78, 5) is 16.0. The number of rotatable bonds is 6. The minimum Gasteiger partial charge on any atom is -0.478 e. The standard InChI is InChI=1S/C18H24N2O3/c1-23-11-5-10-20-16-9-8-14(18(21)22)12-15(16)19-17(20)13-6-3-2-4-7-13/h8-9,12-13H,2-7,10-11H2,1H3,(H,21,22). The molecule has 0 bridgehead atoms. The quantitative estimate of drug-likeness (QED) is 0.823. The topological polar surface area (TPSA) is 64.4 Å². The number of benzene rings is 1. The van der Waals surface area contributed by atoms with Gasteiger partial charge in [-0.1, -0.05) is 19.3 Å². The van der Waals surface area contributed by atoms with Crippen molar-refractivity contribution in [2.45, 2.75) is 51.0 Å². The van der Waals surface area contributed by atoms with Crippen LogP contribution in [0.25, 0.3) is 11.0 Å². The monoisotopic (exact) mass is 316 g/mol. The smallest absolute Gasteiger partial charge is 0.335 e. The fourth-order valence-electron chi connectivity index (χ4n) is 3.56. The van der Waals surface area contributed by atoms with Crippen molar-refractivity contribution in [3.8, 4) is 0 Å². The first-order chi connectivity index (χ1) is 11.2. The van der Waals surface area contributed by atoms with Gasteiger partial charge in [0, 0.05) is 26.2 Å². The Kier molecular flexibility index (Phi) is 4.96. The van der Waals surface area contributed by atoms with Crippen LogP contribution < -0.4 is 0 Å². The Morgan fingerprint density at radius 1 is 1.35 bits per heavy atom. The maximum atomic E-state index is 11.2. The molecule has 1 aromatic carbocycles. The molecule has 1 aromatic heterocycles. The highest BCUT2D eigenvalue weighted by molar-refractivity contribution is 5.92. The summed E-state index contributed by atoms with van der Waals surface area (Å²) in [6, 6.07) is 5.26. The maximum absolute atomic E-state index is 11.2. The second-order valence-electron chi connectivity index (χ2n) is 6.31. The van der Waals surface area contributed by atoms with Crippen LogP contribution in [-0.4, -0.2) is 34.3 Å². The van der Waals surface area contributed by atoms with Gasteiger partial charge in [0.2, 0.25) is 0 Å². The Balaban J connectivity index is 2.00. The molecular weight excluding hydrogens is 292 g/mol. The Morgan fingerprint density at radius 3 is 2.83 bits per heavy atom. The maximum Gasteiger partial charge on any atom is 0.335 e. The highest BCUT2D eigenvalue weighted by Crippen LogP contribution is 2.34. The number of aromatic nitrogens is 2. The summed E-state index contributed by atoms with van der Waals surface area (Å²) < 4.78 is 7.45. The molecule has 124 valence electrons. The van der Waals surface area contributed by atoms with Gasteiger partial charge in [0.15, 0.2) is 0 Å². The molecule has 1 fully saturated rings. The number of carboxylic acid groups (broad SMARTS) is 1. The van der Waals surface area contributed by atoms with Crippen LogP contribution in [0.5, 0.6) is 0 Å². The molecule has 0 saturated heterocycles. The zero-order valence-electron chi connectivity index (χ0n) is 13.6. The minimum absolute atomic E-state index is 0.300. The second-order valence-corrected chi connectivity index (χ2v) is 6.31. The van der Waals surface area contributed by atoms with Gasteiger partial charge in [0.1, 0.15) is 5.82 Å². The molecule has 0 atom stereocenters. The molecule has 0 aliphatic heterocycles. The van der Waals surface area contributed by atoms with E-state index in [-0.39, 0.29) is 0 Å². The van der Waals surface area contributed by atoms with Gasteiger partial charge >= 0.3 is 5.97 Å². The fraction of sp³-hybridized carbons (Fsp3) is 0.556. The Hall–Kier alpha value is -1.88. The van der Waals surface area contributed by atoms with Gasteiger partial charge in [-0.2, -0.15) is 0 Å². The second kappa shape index (κ2) is 7.13. The molecule has 1 aliphatic carbocycles. The Morgan fingerprint density at radius 2 is 2.13 bits per heavy atom. The largest absolute Gasteiger partial charge is 0.478 e. The molecular formula is C18H24N2O3. The van der Waals surface area contributed by atoms with Gasteiger partial charge < -0.3 is 14.4 Å². The number of methoxy groups -OCH3 is 1. The summed E-state index contributed by atoms with van der Waals surface area (Å²) in [5, 5.41) is 9.19. The van der Waals surface area contributed by atoms with Gasteiger partial charge in [0.25, 0.3) is 0 Å². The average molecular weight is 316 g/mol. The fourth-order valence-corrected chi connectivity index (χ4v) is 3.56. The molecule has 0 unspecified atom stereocenters. The minimum atomic E-state index is -0.903. The third kappa shape index (κ3) is 3.39. The van der Waals surface area contributed by atoms with Crippen molar-refractivity contribution in [3.05, 3.63) is 29.6 Å². The van der Waals surface area contributed by atoms with E-state index in [0.717, 1.165) is 36.4 Å². The zero-order chi connectivity index (χ0) is 16.2. The van der Waals surface area contributed by atoms with E-state index in [1.165, 1.54) is 32.1 Å². The molecule has 1 saturated carbocycles. The van der Waals surface area contributed by atoms with E-state index in [9.17, 15) is 9.90 Å². The van der Waals surface area contributed by atoms with Crippen LogP contribution in [0.2, 0.25) is 0 Å². The van der Waals surface area contributed by atoms with E-state index in [2.05, 4.69) is 4.57 Å². The number of hydrogen-bond acceptors (Lipinski definition) is 3. The lowest BCUT2D eigenvalue weighted by atomic mass is 9.88. The summed E-state index contributed by atoms with van der Waals surface area (Å²) in [7, 11) is 1.72. The van der Waals surface area contributed by atoms with Crippen LogP contribution in [0.1, 0.15) is 60.6 Å². The van der Waals surface area contributed by atoms with E-state index in [4.69, 9.17) is 9.72 Å². The Labute approximate surface area is 136 Å². The first kappa shape index (κ1) is 16.0. The molecule has 23 heavy (non-hydrogen) atoms. The molecule has 3 rings (SSSR count). The molecule has 1 N–H and O–H groups in total. The number of aromatic carboxylic acids is 1. The van der Waals surface area contributed by atoms with Crippen LogP contribution >= 0.6 is 0 Å². The first-order valence-electron chi connectivity index (χ1n) is 8.43. The van der Waals surface area contributed by atoms with Crippen LogP contribution in [-0.2, 0) is 11.3 Å². The molecule has 0 amide bonds. The normalized spacial score (nSPS) is 16.0. The zero-order valence-corrected chi connectivity index (χ0v) is 13.6. The van der Waals surface area contributed by atoms with E-state index in [1.807, 2.05) is 6.07 Å².